The van der Waals surface area contributed by atoms with Crippen molar-refractivity contribution in [3.63, 3.8) is 0 Å². The van der Waals surface area contributed by atoms with Gasteiger partial charge in [-0.25, -0.2) is 0 Å². The molecule has 5 heteroatoms. The summed E-state index contributed by atoms with van der Waals surface area (Å²) in [5, 5.41) is 12.3. The lowest BCUT2D eigenvalue weighted by Crippen LogP contribution is -2.44. The van der Waals surface area contributed by atoms with E-state index in [4.69, 9.17) is 10.8 Å². The SMILES string of the molecule is NCc1ccc2c(c1)C1(CCN(CCC(=O)O)CC1)CN2. The molecule has 0 aliphatic carbocycles. The largest absolute Gasteiger partial charge is 0.481 e. The van der Waals surface area contributed by atoms with Gasteiger partial charge in [-0.3, -0.25) is 4.79 Å². The number of rotatable bonds is 4. The lowest BCUT2D eigenvalue weighted by atomic mass is 9.74. The first-order valence-corrected chi connectivity index (χ1v) is 7.64. The number of hydrogen-bond donors (Lipinski definition) is 3. The van der Waals surface area contributed by atoms with Crippen LogP contribution >= 0.6 is 0 Å². The number of carboxylic acid groups (broad SMARTS) is 1. The van der Waals surface area contributed by atoms with Gasteiger partial charge in [-0.2, -0.15) is 0 Å². The molecular formula is C16H23N3O2. The summed E-state index contributed by atoms with van der Waals surface area (Å²) in [5.74, 6) is -0.712. The van der Waals surface area contributed by atoms with E-state index in [0.29, 0.717) is 13.1 Å². The number of nitrogens with one attached hydrogen (secondary N) is 1. The quantitative estimate of drug-likeness (QED) is 0.780. The molecule has 0 amide bonds. The number of hydrogen-bond acceptors (Lipinski definition) is 4. The van der Waals surface area contributed by atoms with Crippen molar-refractivity contribution in [1.29, 1.82) is 0 Å². The Balaban J connectivity index is 1.71. The average Bonchev–Trinajstić information content (AvgIpc) is 2.85. The Hall–Kier alpha value is -1.59. The van der Waals surface area contributed by atoms with E-state index in [1.807, 2.05) is 0 Å². The minimum atomic E-state index is -0.712. The molecule has 1 fully saturated rings. The molecule has 0 aromatic heterocycles. The van der Waals surface area contributed by atoms with Gasteiger partial charge in [0.25, 0.3) is 0 Å². The maximum absolute atomic E-state index is 10.7. The Morgan fingerprint density at radius 3 is 2.81 bits per heavy atom. The molecule has 114 valence electrons. The number of aliphatic carboxylic acids is 1. The van der Waals surface area contributed by atoms with Crippen LogP contribution in [0.3, 0.4) is 0 Å². The smallest absolute Gasteiger partial charge is 0.304 e. The average molecular weight is 289 g/mol. The van der Waals surface area contributed by atoms with Crippen molar-refractivity contribution in [3.05, 3.63) is 29.3 Å². The van der Waals surface area contributed by atoms with E-state index in [0.717, 1.165) is 32.5 Å². The summed E-state index contributed by atoms with van der Waals surface area (Å²) in [4.78, 5) is 12.9. The first-order chi connectivity index (χ1) is 10.1. The summed E-state index contributed by atoms with van der Waals surface area (Å²) in [6, 6.07) is 6.48. The molecule has 1 spiro atoms. The summed E-state index contributed by atoms with van der Waals surface area (Å²) in [6.45, 7) is 4.17. The van der Waals surface area contributed by atoms with Crippen molar-refractivity contribution in [2.24, 2.45) is 5.73 Å². The molecule has 21 heavy (non-hydrogen) atoms. The van der Waals surface area contributed by atoms with E-state index in [9.17, 15) is 4.79 Å². The summed E-state index contributed by atoms with van der Waals surface area (Å²) >= 11 is 0. The number of nitrogens with two attached hydrogens (primary N) is 1. The van der Waals surface area contributed by atoms with Gasteiger partial charge in [-0.1, -0.05) is 12.1 Å². The van der Waals surface area contributed by atoms with Crippen LogP contribution in [0.4, 0.5) is 5.69 Å². The molecule has 2 aliphatic heterocycles. The third kappa shape index (κ3) is 2.76. The van der Waals surface area contributed by atoms with Gasteiger partial charge in [0.1, 0.15) is 0 Å². The Labute approximate surface area is 125 Å². The van der Waals surface area contributed by atoms with Crippen molar-refractivity contribution in [3.8, 4) is 0 Å². The Kier molecular flexibility index (Phi) is 3.87. The van der Waals surface area contributed by atoms with Crippen LogP contribution in [-0.4, -0.2) is 42.2 Å². The normalized spacial score (nSPS) is 20.2. The van der Waals surface area contributed by atoms with E-state index >= 15 is 0 Å². The Morgan fingerprint density at radius 2 is 2.14 bits per heavy atom. The van der Waals surface area contributed by atoms with Gasteiger partial charge >= 0.3 is 5.97 Å². The highest BCUT2D eigenvalue weighted by Gasteiger charge is 2.41. The van der Waals surface area contributed by atoms with Crippen LogP contribution in [0.15, 0.2) is 18.2 Å². The van der Waals surface area contributed by atoms with E-state index in [-0.39, 0.29) is 11.8 Å². The fraction of sp³-hybridized carbons (Fsp3) is 0.562. The Morgan fingerprint density at radius 1 is 1.38 bits per heavy atom. The van der Waals surface area contributed by atoms with E-state index in [1.165, 1.54) is 16.8 Å². The molecule has 4 N–H and O–H groups in total. The lowest BCUT2D eigenvalue weighted by molar-refractivity contribution is -0.137. The van der Waals surface area contributed by atoms with Gasteiger partial charge in [0.15, 0.2) is 0 Å². The highest BCUT2D eigenvalue weighted by molar-refractivity contribution is 5.66. The zero-order chi connectivity index (χ0) is 14.9. The van der Waals surface area contributed by atoms with E-state index in [2.05, 4.69) is 28.4 Å². The zero-order valence-corrected chi connectivity index (χ0v) is 12.3. The number of benzene rings is 1. The minimum Gasteiger partial charge on any atom is -0.481 e. The van der Waals surface area contributed by atoms with Gasteiger partial charge in [0.05, 0.1) is 6.42 Å². The molecular weight excluding hydrogens is 266 g/mol. The fourth-order valence-electron chi connectivity index (χ4n) is 3.58. The number of likely N-dealkylation sites (tertiary alicyclic amines) is 1. The van der Waals surface area contributed by atoms with Crippen LogP contribution in [0.5, 0.6) is 0 Å². The fourth-order valence-corrected chi connectivity index (χ4v) is 3.58. The monoisotopic (exact) mass is 289 g/mol. The summed E-state index contributed by atoms with van der Waals surface area (Å²) < 4.78 is 0. The molecule has 0 saturated carbocycles. The van der Waals surface area contributed by atoms with Crippen molar-refractivity contribution in [2.45, 2.75) is 31.2 Å². The second kappa shape index (κ2) is 5.66. The van der Waals surface area contributed by atoms with Crippen LogP contribution in [0, 0.1) is 0 Å². The third-order valence-electron chi connectivity index (χ3n) is 4.96. The molecule has 0 bridgehead atoms. The highest BCUT2D eigenvalue weighted by Crippen LogP contribution is 2.44. The standard InChI is InChI=1S/C16H23N3O2/c17-10-12-1-2-14-13(9-12)16(11-18-14)4-7-19(8-5-16)6-3-15(20)21/h1-2,9,18H,3-8,10-11,17H2,(H,20,21). The van der Waals surface area contributed by atoms with Gasteiger partial charge in [-0.05, 0) is 43.1 Å². The van der Waals surface area contributed by atoms with Crippen LogP contribution in [0.25, 0.3) is 0 Å². The van der Waals surface area contributed by atoms with E-state index < -0.39 is 5.97 Å². The van der Waals surface area contributed by atoms with Crippen molar-refractivity contribution in [1.82, 2.24) is 4.90 Å². The molecule has 2 aliphatic rings. The molecule has 1 saturated heterocycles. The number of nitrogens with zero attached hydrogens (tertiary/aromatic N) is 1. The number of fused-ring (bicyclic) bond motifs is 2. The van der Waals surface area contributed by atoms with Crippen LogP contribution in [0.2, 0.25) is 0 Å². The molecule has 3 rings (SSSR count). The molecule has 0 atom stereocenters. The van der Waals surface area contributed by atoms with Crippen molar-refractivity contribution >= 4 is 11.7 Å². The number of piperidine rings is 1. The van der Waals surface area contributed by atoms with Gasteiger partial charge in [-0.15, -0.1) is 0 Å². The van der Waals surface area contributed by atoms with Crippen molar-refractivity contribution < 1.29 is 9.90 Å². The second-order valence-electron chi connectivity index (χ2n) is 6.20. The first kappa shape index (κ1) is 14.4. The number of carboxylic acids is 1. The maximum Gasteiger partial charge on any atom is 0.304 e. The molecule has 1 aromatic rings. The lowest BCUT2D eigenvalue weighted by Gasteiger charge is -2.39. The first-order valence-electron chi connectivity index (χ1n) is 7.64. The number of anilines is 1. The van der Waals surface area contributed by atoms with E-state index in [1.54, 1.807) is 0 Å². The summed E-state index contributed by atoms with van der Waals surface area (Å²) in [5.41, 5.74) is 9.81. The Bertz CT molecular complexity index is 536. The molecule has 0 unspecified atom stereocenters. The topological polar surface area (TPSA) is 78.6 Å². The second-order valence-corrected chi connectivity index (χ2v) is 6.20. The highest BCUT2D eigenvalue weighted by atomic mass is 16.4. The zero-order valence-electron chi connectivity index (χ0n) is 12.3. The van der Waals surface area contributed by atoms with Gasteiger partial charge in [0.2, 0.25) is 0 Å². The predicted octanol–water partition coefficient (Wildman–Crippen LogP) is 1.38. The third-order valence-corrected chi connectivity index (χ3v) is 4.96. The van der Waals surface area contributed by atoms with Crippen LogP contribution < -0.4 is 11.1 Å². The number of carbonyl (C=O) groups is 1. The predicted molar refractivity (Wildman–Crippen MR) is 82.4 cm³/mol. The van der Waals surface area contributed by atoms with Crippen LogP contribution in [0.1, 0.15) is 30.4 Å². The maximum atomic E-state index is 10.7. The minimum absolute atomic E-state index is 0.209. The molecule has 0 radical (unpaired) electrons. The molecule has 1 aromatic carbocycles. The van der Waals surface area contributed by atoms with Gasteiger partial charge < -0.3 is 21.1 Å². The van der Waals surface area contributed by atoms with Crippen LogP contribution in [-0.2, 0) is 16.8 Å². The molecule has 2 heterocycles. The van der Waals surface area contributed by atoms with Gasteiger partial charge in [0, 0.05) is 30.7 Å². The summed E-state index contributed by atoms with van der Waals surface area (Å²) in [6.07, 6.45) is 2.40. The summed E-state index contributed by atoms with van der Waals surface area (Å²) in [7, 11) is 0. The molecule has 5 nitrogen and oxygen atoms in total. The van der Waals surface area contributed by atoms with Crippen molar-refractivity contribution in [2.75, 3.05) is 31.5 Å².